The zero-order chi connectivity index (χ0) is 40.6. The van der Waals surface area contributed by atoms with E-state index < -0.39 is 37.3 Å². The second kappa shape index (κ2) is 39.1. The van der Waals surface area contributed by atoms with E-state index in [0.29, 0.717) is 12.8 Å². The first kappa shape index (κ1) is 53.2. The summed E-state index contributed by atoms with van der Waals surface area (Å²) in [4.78, 5) is 25.3. The number of rotatable bonds is 42. The van der Waals surface area contributed by atoms with Gasteiger partial charge in [-0.15, -0.1) is 0 Å². The summed E-state index contributed by atoms with van der Waals surface area (Å²) in [5.74, 6) is -0.768. The van der Waals surface area contributed by atoms with E-state index >= 15 is 0 Å². The van der Waals surface area contributed by atoms with E-state index in [1.165, 1.54) is 89.9 Å². The number of carbonyl (C=O) groups is 2. The minimum absolute atomic E-state index is 0.160. The van der Waals surface area contributed by atoms with Crippen LogP contribution in [0.5, 0.6) is 0 Å². The van der Waals surface area contributed by atoms with Crippen LogP contribution < -0.4 is 0 Å². The molecular weight excluding hydrogens is 696 g/mol. The number of allylic oxidation sites excluding steroid dienone is 4. The molecule has 0 aromatic heterocycles. The van der Waals surface area contributed by atoms with Crippen molar-refractivity contribution in [2.24, 2.45) is 10.8 Å². The van der Waals surface area contributed by atoms with E-state index in [1.54, 1.807) is 0 Å². The standard InChI is InChI=1S/C46H86O9/c1-3-5-7-9-11-13-15-17-19-21-23-25-27-29-31-33-43(51)54-41-46(38-50,40-53-39-45(35-47,36-48)37-49)42-55-44(52)34-32-30-28-26-24-22-20-18-16-14-12-10-8-6-4-2/h17-20,47-50H,3-16,21-42H2,1-2H3/b19-17-,20-18-. The summed E-state index contributed by atoms with van der Waals surface area (Å²) in [6, 6.07) is 0. The Kier molecular flexibility index (Phi) is 37.8. The van der Waals surface area contributed by atoms with Crippen molar-refractivity contribution in [3.05, 3.63) is 24.3 Å². The van der Waals surface area contributed by atoms with Crippen molar-refractivity contribution in [3.8, 4) is 0 Å². The van der Waals surface area contributed by atoms with Crippen molar-refractivity contribution >= 4 is 11.9 Å². The van der Waals surface area contributed by atoms with Gasteiger partial charge in [-0.2, -0.15) is 0 Å². The molecule has 324 valence electrons. The number of aliphatic hydroxyl groups is 4. The fraction of sp³-hybridized carbons (Fsp3) is 0.870. The Labute approximate surface area is 337 Å². The molecule has 0 radical (unpaired) electrons. The third kappa shape index (κ3) is 31.9. The highest BCUT2D eigenvalue weighted by atomic mass is 16.6. The first-order valence-corrected chi connectivity index (χ1v) is 22.5. The first-order chi connectivity index (χ1) is 26.9. The molecule has 4 N–H and O–H groups in total. The summed E-state index contributed by atoms with van der Waals surface area (Å²) in [6.07, 6.45) is 40.2. The average Bonchev–Trinajstić information content (AvgIpc) is 3.20. The number of hydrogen-bond donors (Lipinski definition) is 4. The lowest BCUT2D eigenvalue weighted by molar-refractivity contribution is -0.163. The molecule has 0 bridgehead atoms. The van der Waals surface area contributed by atoms with Gasteiger partial charge in [0, 0.05) is 12.8 Å². The normalized spacial score (nSPS) is 12.3. The van der Waals surface area contributed by atoms with Crippen LogP contribution in [0.15, 0.2) is 24.3 Å². The Bertz CT molecular complexity index is 851. The summed E-state index contributed by atoms with van der Waals surface area (Å²) in [5.41, 5.74) is -2.48. The highest BCUT2D eigenvalue weighted by Gasteiger charge is 2.36. The Balaban J connectivity index is 4.50. The number of hydrogen-bond acceptors (Lipinski definition) is 9. The first-order valence-electron chi connectivity index (χ1n) is 22.5. The second-order valence-electron chi connectivity index (χ2n) is 16.1. The molecule has 0 unspecified atom stereocenters. The maximum absolute atomic E-state index is 12.7. The van der Waals surface area contributed by atoms with E-state index in [0.717, 1.165) is 64.2 Å². The van der Waals surface area contributed by atoms with Crippen molar-refractivity contribution in [2.45, 2.75) is 194 Å². The predicted octanol–water partition coefficient (Wildman–Crippen LogP) is 10.1. The molecule has 0 aliphatic rings. The maximum Gasteiger partial charge on any atom is 0.305 e. The van der Waals surface area contributed by atoms with E-state index in [-0.39, 0.29) is 51.2 Å². The summed E-state index contributed by atoms with van der Waals surface area (Å²) in [7, 11) is 0. The van der Waals surface area contributed by atoms with Gasteiger partial charge in [-0.3, -0.25) is 9.59 Å². The zero-order valence-electron chi connectivity index (χ0n) is 35.6. The smallest absolute Gasteiger partial charge is 0.305 e. The minimum Gasteiger partial charge on any atom is -0.465 e. The van der Waals surface area contributed by atoms with Crippen LogP contribution >= 0.6 is 0 Å². The van der Waals surface area contributed by atoms with Crippen molar-refractivity contribution in [1.82, 2.24) is 0 Å². The topological polar surface area (TPSA) is 143 Å². The van der Waals surface area contributed by atoms with Gasteiger partial charge in [0.1, 0.15) is 13.2 Å². The summed E-state index contributed by atoms with van der Waals surface area (Å²) in [6.45, 7) is 1.75. The molecule has 0 atom stereocenters. The predicted molar refractivity (Wildman–Crippen MR) is 225 cm³/mol. The van der Waals surface area contributed by atoms with Gasteiger partial charge in [0.15, 0.2) is 0 Å². The molecule has 0 fully saturated rings. The van der Waals surface area contributed by atoms with Crippen molar-refractivity contribution < 1.29 is 44.2 Å². The molecule has 55 heavy (non-hydrogen) atoms. The second-order valence-corrected chi connectivity index (χ2v) is 16.1. The molecule has 0 saturated carbocycles. The lowest BCUT2D eigenvalue weighted by Gasteiger charge is -2.33. The molecule has 0 saturated heterocycles. The largest absolute Gasteiger partial charge is 0.465 e. The van der Waals surface area contributed by atoms with Gasteiger partial charge in [0.05, 0.1) is 50.5 Å². The number of unbranched alkanes of at least 4 members (excludes halogenated alkanes) is 22. The Morgan fingerprint density at radius 1 is 0.400 bits per heavy atom. The summed E-state index contributed by atoms with van der Waals surface area (Å²) in [5, 5.41) is 39.5. The van der Waals surface area contributed by atoms with Crippen LogP contribution in [0.2, 0.25) is 0 Å². The quantitative estimate of drug-likeness (QED) is 0.0270. The van der Waals surface area contributed by atoms with Crippen LogP contribution in [-0.2, 0) is 23.8 Å². The maximum atomic E-state index is 12.7. The molecule has 0 rings (SSSR count). The Hall–Kier alpha value is -1.78. The fourth-order valence-corrected chi connectivity index (χ4v) is 6.32. The van der Waals surface area contributed by atoms with Crippen LogP contribution in [-0.4, -0.2) is 85.2 Å². The van der Waals surface area contributed by atoms with Crippen LogP contribution in [0, 0.1) is 10.8 Å². The molecule has 9 nitrogen and oxygen atoms in total. The van der Waals surface area contributed by atoms with Gasteiger partial charge in [-0.25, -0.2) is 0 Å². The Morgan fingerprint density at radius 3 is 1.02 bits per heavy atom. The Morgan fingerprint density at radius 2 is 0.691 bits per heavy atom. The summed E-state index contributed by atoms with van der Waals surface area (Å²) < 4.78 is 16.9. The van der Waals surface area contributed by atoms with Crippen LogP contribution in [0.4, 0.5) is 0 Å². The number of esters is 2. The zero-order valence-corrected chi connectivity index (χ0v) is 35.6. The lowest BCUT2D eigenvalue weighted by Crippen LogP contribution is -2.45. The van der Waals surface area contributed by atoms with E-state index in [1.807, 2.05) is 0 Å². The molecule has 0 amide bonds. The van der Waals surface area contributed by atoms with E-state index in [9.17, 15) is 30.0 Å². The third-order valence-corrected chi connectivity index (χ3v) is 10.5. The van der Waals surface area contributed by atoms with Crippen LogP contribution in [0.25, 0.3) is 0 Å². The number of aliphatic hydroxyl groups excluding tert-OH is 4. The highest BCUT2D eigenvalue weighted by molar-refractivity contribution is 5.69. The van der Waals surface area contributed by atoms with Gasteiger partial charge in [-0.05, 0) is 64.2 Å². The minimum atomic E-state index is -1.26. The summed E-state index contributed by atoms with van der Waals surface area (Å²) >= 11 is 0. The van der Waals surface area contributed by atoms with Crippen molar-refractivity contribution in [1.29, 1.82) is 0 Å². The monoisotopic (exact) mass is 783 g/mol. The molecule has 0 aliphatic carbocycles. The number of ether oxygens (including phenoxy) is 3. The average molecular weight is 783 g/mol. The van der Waals surface area contributed by atoms with Gasteiger partial charge in [0.2, 0.25) is 0 Å². The molecule has 0 spiro atoms. The SMILES string of the molecule is CCCCCCCC/C=C\CCCCCCCC(=O)OCC(CO)(COCC(CO)(CO)CO)COC(=O)CCCCCCC/C=C\CCCCCCCC. The van der Waals surface area contributed by atoms with Crippen LogP contribution in [0.1, 0.15) is 194 Å². The molecule has 0 aromatic rings. The molecule has 0 aliphatic heterocycles. The van der Waals surface area contributed by atoms with Gasteiger partial charge < -0.3 is 34.6 Å². The molecule has 0 aromatic carbocycles. The van der Waals surface area contributed by atoms with E-state index in [2.05, 4.69) is 38.2 Å². The van der Waals surface area contributed by atoms with Gasteiger partial charge in [-0.1, -0.05) is 141 Å². The fourth-order valence-electron chi connectivity index (χ4n) is 6.32. The van der Waals surface area contributed by atoms with Gasteiger partial charge >= 0.3 is 11.9 Å². The van der Waals surface area contributed by atoms with Gasteiger partial charge in [0.25, 0.3) is 0 Å². The molecule has 0 heterocycles. The molecule has 9 heteroatoms. The highest BCUT2D eigenvalue weighted by Crippen LogP contribution is 2.23. The third-order valence-electron chi connectivity index (χ3n) is 10.5. The number of carbonyl (C=O) groups excluding carboxylic acids is 2. The van der Waals surface area contributed by atoms with Crippen molar-refractivity contribution in [3.63, 3.8) is 0 Å². The molecular formula is C46H86O9. The van der Waals surface area contributed by atoms with E-state index in [4.69, 9.17) is 14.2 Å². The van der Waals surface area contributed by atoms with Crippen molar-refractivity contribution in [2.75, 3.05) is 52.9 Å². The lowest BCUT2D eigenvalue weighted by atomic mass is 9.90. The van der Waals surface area contributed by atoms with Crippen LogP contribution in [0.3, 0.4) is 0 Å².